The van der Waals surface area contributed by atoms with Crippen LogP contribution in [-0.2, 0) is 20.4 Å². The molecule has 0 aromatic heterocycles. The Hall–Kier alpha value is -3.16. The molecule has 0 N–H and O–H groups in total. The van der Waals surface area contributed by atoms with Crippen molar-refractivity contribution in [2.75, 3.05) is 0 Å². The fourth-order valence-electron chi connectivity index (χ4n) is 6.54. The van der Waals surface area contributed by atoms with Crippen LogP contribution in [0.1, 0.15) is 66.8 Å². The van der Waals surface area contributed by atoms with Crippen molar-refractivity contribution >= 4 is 47.7 Å². The molecule has 0 atom stereocenters. The smallest absolute Gasteiger partial charge is 0 e. The van der Waals surface area contributed by atoms with E-state index in [0.717, 1.165) is 0 Å². The average Bonchev–Trinajstić information content (AvgIpc) is 3.07. The summed E-state index contributed by atoms with van der Waals surface area (Å²) in [5.74, 6) is 0. The van der Waals surface area contributed by atoms with Gasteiger partial charge in [-0.3, -0.25) is 0 Å². The standard InChI is InChI=1S/2C24H27P.Pd/c2*1-16-7-10-19(4)22(13-16)25(23-14-17(2)8-11-20(23)5)24-15-18(3)9-12-21(24)6;/h2*7-15H,1-6H3;. The van der Waals surface area contributed by atoms with Crippen LogP contribution >= 0.6 is 15.8 Å². The molecule has 0 amide bonds. The third kappa shape index (κ3) is 9.64. The van der Waals surface area contributed by atoms with Gasteiger partial charge in [0, 0.05) is 20.4 Å². The Bertz CT molecular complexity index is 1760. The third-order valence-corrected chi connectivity index (χ3v) is 15.4. The second kappa shape index (κ2) is 17.6. The molecule has 0 fully saturated rings. The Kier molecular flexibility index (Phi) is 14.0. The number of hydrogen-bond acceptors (Lipinski definition) is 0. The van der Waals surface area contributed by atoms with Gasteiger partial charge < -0.3 is 0 Å². The second-order valence-corrected chi connectivity index (χ2v) is 18.6. The van der Waals surface area contributed by atoms with E-state index in [2.05, 4.69) is 192 Å². The molecule has 0 saturated carbocycles. The van der Waals surface area contributed by atoms with Crippen LogP contribution in [0.15, 0.2) is 109 Å². The molecule has 6 aromatic rings. The first kappa shape index (κ1) is 40.6. The van der Waals surface area contributed by atoms with E-state index in [1.165, 1.54) is 98.6 Å². The summed E-state index contributed by atoms with van der Waals surface area (Å²) in [6.07, 6.45) is 0. The fraction of sp³-hybridized carbons (Fsp3) is 0.250. The van der Waals surface area contributed by atoms with Gasteiger partial charge in [-0.25, -0.2) is 0 Å². The molecule has 6 rings (SSSR count). The molecule has 0 heterocycles. The summed E-state index contributed by atoms with van der Waals surface area (Å²) < 4.78 is 0. The monoisotopic (exact) mass is 798 g/mol. The van der Waals surface area contributed by atoms with E-state index in [-0.39, 0.29) is 20.4 Å². The zero-order chi connectivity index (χ0) is 36.3. The predicted molar refractivity (Wildman–Crippen MR) is 227 cm³/mol. The normalized spacial score (nSPS) is 10.9. The van der Waals surface area contributed by atoms with E-state index in [1.807, 2.05) is 0 Å². The quantitative estimate of drug-likeness (QED) is 0.116. The van der Waals surface area contributed by atoms with Crippen molar-refractivity contribution in [2.24, 2.45) is 0 Å². The van der Waals surface area contributed by atoms with Gasteiger partial charge in [-0.15, -0.1) is 0 Å². The van der Waals surface area contributed by atoms with Gasteiger partial charge in [-0.2, -0.15) is 0 Å². The van der Waals surface area contributed by atoms with Gasteiger partial charge in [-0.05, 0) is 164 Å². The average molecular weight is 799 g/mol. The summed E-state index contributed by atoms with van der Waals surface area (Å²) in [6.45, 7) is 26.7. The Morgan fingerprint density at radius 1 is 0.235 bits per heavy atom. The maximum atomic E-state index is 2.39. The SMILES string of the molecule is Cc1ccc(C)c(P(c2cc(C)ccc2C)c2cc(C)ccc2C)c1.Cc1ccc(C)c(P(c2cc(C)ccc2C)c2cc(C)ccc2C)c1.[Pd]. The molecular formula is C48H54P2Pd. The van der Waals surface area contributed by atoms with Gasteiger partial charge in [0.1, 0.15) is 0 Å². The van der Waals surface area contributed by atoms with Crippen LogP contribution in [0.3, 0.4) is 0 Å². The van der Waals surface area contributed by atoms with E-state index in [9.17, 15) is 0 Å². The van der Waals surface area contributed by atoms with Crippen molar-refractivity contribution in [1.82, 2.24) is 0 Å². The van der Waals surface area contributed by atoms with E-state index < -0.39 is 15.8 Å². The Labute approximate surface area is 325 Å². The molecule has 0 aliphatic carbocycles. The third-order valence-electron chi connectivity index (χ3n) is 9.63. The van der Waals surface area contributed by atoms with Crippen molar-refractivity contribution in [3.05, 3.63) is 176 Å². The minimum absolute atomic E-state index is 0. The molecule has 0 aliphatic heterocycles. The topological polar surface area (TPSA) is 0 Å². The summed E-state index contributed by atoms with van der Waals surface area (Å²) >= 11 is 0. The van der Waals surface area contributed by atoms with Crippen LogP contribution in [0, 0.1) is 83.1 Å². The van der Waals surface area contributed by atoms with Crippen molar-refractivity contribution in [3.63, 3.8) is 0 Å². The summed E-state index contributed by atoms with van der Waals surface area (Å²) in [4.78, 5) is 0. The maximum absolute atomic E-state index is 2.39. The van der Waals surface area contributed by atoms with Crippen LogP contribution in [0.25, 0.3) is 0 Å². The molecule has 0 spiro atoms. The summed E-state index contributed by atoms with van der Waals surface area (Å²) in [5.41, 5.74) is 16.3. The minimum Gasteiger partial charge on any atom is -0.0590 e. The Morgan fingerprint density at radius 3 is 0.510 bits per heavy atom. The van der Waals surface area contributed by atoms with Gasteiger partial charge in [0.15, 0.2) is 0 Å². The fourth-order valence-corrected chi connectivity index (χ4v) is 12.7. The molecule has 0 nitrogen and oxygen atoms in total. The maximum Gasteiger partial charge on any atom is 0 e. The molecule has 0 aliphatic rings. The summed E-state index contributed by atoms with van der Waals surface area (Å²) in [5, 5.41) is 8.90. The Balaban J connectivity index is 0.000000224. The summed E-state index contributed by atoms with van der Waals surface area (Å²) in [7, 11) is -1.11. The van der Waals surface area contributed by atoms with Crippen molar-refractivity contribution in [2.45, 2.75) is 83.1 Å². The zero-order valence-corrected chi connectivity index (χ0v) is 35.9. The van der Waals surface area contributed by atoms with E-state index >= 15 is 0 Å². The van der Waals surface area contributed by atoms with Crippen LogP contribution in [0.5, 0.6) is 0 Å². The van der Waals surface area contributed by atoms with Crippen LogP contribution in [0.2, 0.25) is 0 Å². The summed E-state index contributed by atoms with van der Waals surface area (Å²) in [6, 6.07) is 41.3. The number of hydrogen-bond donors (Lipinski definition) is 0. The largest absolute Gasteiger partial charge is 0.0590 e. The van der Waals surface area contributed by atoms with Gasteiger partial charge in [0.05, 0.1) is 0 Å². The van der Waals surface area contributed by atoms with E-state index in [4.69, 9.17) is 0 Å². The number of benzene rings is 6. The van der Waals surface area contributed by atoms with Crippen LogP contribution in [0.4, 0.5) is 0 Å². The van der Waals surface area contributed by atoms with Gasteiger partial charge in [0.2, 0.25) is 0 Å². The van der Waals surface area contributed by atoms with Crippen LogP contribution < -0.4 is 31.8 Å². The molecule has 51 heavy (non-hydrogen) atoms. The number of rotatable bonds is 6. The predicted octanol–water partition coefficient (Wildman–Crippen LogP) is 10.6. The second-order valence-electron chi connectivity index (χ2n) is 14.4. The number of aryl methyl sites for hydroxylation is 12. The van der Waals surface area contributed by atoms with Crippen LogP contribution in [-0.4, -0.2) is 0 Å². The van der Waals surface area contributed by atoms with Gasteiger partial charge >= 0.3 is 0 Å². The van der Waals surface area contributed by atoms with E-state index in [1.54, 1.807) is 0 Å². The first-order chi connectivity index (χ1) is 23.7. The first-order valence-corrected chi connectivity index (χ1v) is 20.5. The van der Waals surface area contributed by atoms with Crippen molar-refractivity contribution in [1.29, 1.82) is 0 Å². The molecule has 266 valence electrons. The molecule has 0 saturated heterocycles. The molecule has 0 radical (unpaired) electrons. The molecule has 0 bridgehead atoms. The van der Waals surface area contributed by atoms with Gasteiger partial charge in [-0.1, -0.05) is 143 Å². The zero-order valence-electron chi connectivity index (χ0n) is 32.6. The molecular weight excluding hydrogens is 745 g/mol. The first-order valence-electron chi connectivity index (χ1n) is 17.8. The molecule has 3 heteroatoms. The Morgan fingerprint density at radius 2 is 0.373 bits per heavy atom. The van der Waals surface area contributed by atoms with E-state index in [0.29, 0.717) is 0 Å². The minimum atomic E-state index is -0.557. The molecule has 0 unspecified atom stereocenters. The van der Waals surface area contributed by atoms with Gasteiger partial charge in [0.25, 0.3) is 0 Å². The molecule has 6 aromatic carbocycles. The van der Waals surface area contributed by atoms with Crippen molar-refractivity contribution < 1.29 is 20.4 Å². The van der Waals surface area contributed by atoms with Crippen molar-refractivity contribution in [3.8, 4) is 0 Å².